The van der Waals surface area contributed by atoms with Gasteiger partial charge < -0.3 is 24.1 Å². The van der Waals surface area contributed by atoms with E-state index in [4.69, 9.17) is 18.9 Å². The highest BCUT2D eigenvalue weighted by atomic mass is 16.8. The monoisotopic (exact) mass is 278 g/mol. The maximum absolute atomic E-state index is 9.89. The normalized spacial score (nSPS) is 14.8. The maximum Gasteiger partial charge on any atom is 0.248 e. The Bertz CT molecular complexity index is 255. The minimum absolute atomic E-state index is 0.389. The van der Waals surface area contributed by atoms with Gasteiger partial charge in [-0.1, -0.05) is 0 Å². The molecule has 0 rings (SSSR count). The molecule has 5 heteroatoms. The van der Waals surface area contributed by atoms with Crippen LogP contribution in [0.25, 0.3) is 0 Å². The number of aliphatic hydroxyl groups excluding tert-OH is 1. The molecular weight excluding hydrogens is 248 g/mol. The molecule has 1 N–H and O–H groups in total. The summed E-state index contributed by atoms with van der Waals surface area (Å²) in [7, 11) is 2.98. The molecule has 0 aliphatic heterocycles. The van der Waals surface area contributed by atoms with Crippen molar-refractivity contribution in [3.63, 3.8) is 0 Å². The van der Waals surface area contributed by atoms with Crippen LogP contribution >= 0.6 is 0 Å². The summed E-state index contributed by atoms with van der Waals surface area (Å²) in [5.74, 6) is -2.66. The van der Waals surface area contributed by atoms with Crippen molar-refractivity contribution in [3.05, 3.63) is 0 Å². The maximum atomic E-state index is 9.89. The van der Waals surface area contributed by atoms with Crippen LogP contribution in [0.4, 0.5) is 0 Å². The predicted molar refractivity (Wildman–Crippen MR) is 73.9 cm³/mol. The summed E-state index contributed by atoms with van der Waals surface area (Å²) in [5, 5.41) is 9.89. The highest BCUT2D eigenvalue weighted by Crippen LogP contribution is 2.38. The number of hydrogen-bond donors (Lipinski definition) is 1. The Hall–Kier alpha value is -0.200. The van der Waals surface area contributed by atoms with Gasteiger partial charge >= 0.3 is 0 Å². The van der Waals surface area contributed by atoms with E-state index < -0.39 is 22.8 Å². The van der Waals surface area contributed by atoms with Gasteiger partial charge in [-0.25, -0.2) is 0 Å². The number of methoxy groups -OCH3 is 2. The lowest BCUT2D eigenvalue weighted by atomic mass is 10.0. The van der Waals surface area contributed by atoms with Crippen LogP contribution in [0.5, 0.6) is 0 Å². The number of ether oxygens (including phenoxy) is 4. The van der Waals surface area contributed by atoms with Gasteiger partial charge in [0.05, 0.1) is 11.2 Å². The Morgan fingerprint density at radius 1 is 0.737 bits per heavy atom. The molecule has 19 heavy (non-hydrogen) atoms. The van der Waals surface area contributed by atoms with Crippen LogP contribution < -0.4 is 0 Å². The van der Waals surface area contributed by atoms with E-state index in [-0.39, 0.29) is 6.61 Å². The van der Waals surface area contributed by atoms with Crippen LogP contribution in [-0.4, -0.2) is 48.7 Å². The number of aliphatic hydroxyl groups is 1. The lowest BCUT2D eigenvalue weighted by Crippen LogP contribution is -2.64. The zero-order chi connectivity index (χ0) is 15.5. The van der Waals surface area contributed by atoms with Gasteiger partial charge in [-0.05, 0) is 48.5 Å². The van der Waals surface area contributed by atoms with Crippen LogP contribution in [0.2, 0.25) is 0 Å². The molecule has 0 heterocycles. The largest absolute Gasteiger partial charge is 0.391 e. The summed E-state index contributed by atoms with van der Waals surface area (Å²) in [5.41, 5.74) is -1.07. The van der Waals surface area contributed by atoms with E-state index in [1.807, 2.05) is 41.5 Å². The van der Waals surface area contributed by atoms with E-state index in [2.05, 4.69) is 0 Å². The minimum atomic E-state index is -1.42. The molecule has 0 radical (unpaired) electrons. The second-order valence-corrected chi connectivity index (χ2v) is 6.69. The van der Waals surface area contributed by atoms with E-state index in [9.17, 15) is 5.11 Å². The fourth-order valence-electron chi connectivity index (χ4n) is 1.80. The lowest BCUT2D eigenvalue weighted by molar-refractivity contribution is -0.435. The van der Waals surface area contributed by atoms with Gasteiger partial charge in [0, 0.05) is 14.2 Å². The van der Waals surface area contributed by atoms with Gasteiger partial charge in [-0.15, -0.1) is 0 Å². The van der Waals surface area contributed by atoms with Crippen molar-refractivity contribution in [2.24, 2.45) is 0 Å². The van der Waals surface area contributed by atoms with Gasteiger partial charge in [0.2, 0.25) is 11.6 Å². The third kappa shape index (κ3) is 5.00. The molecule has 0 fully saturated rings. The van der Waals surface area contributed by atoms with Crippen LogP contribution in [0.3, 0.4) is 0 Å². The smallest absolute Gasteiger partial charge is 0.248 e. The Labute approximate surface area is 117 Å². The molecule has 0 unspecified atom stereocenters. The van der Waals surface area contributed by atoms with Gasteiger partial charge in [0.15, 0.2) is 0 Å². The van der Waals surface area contributed by atoms with Gasteiger partial charge in [0.25, 0.3) is 0 Å². The van der Waals surface area contributed by atoms with E-state index in [1.54, 1.807) is 6.92 Å². The van der Waals surface area contributed by atoms with E-state index in [0.717, 1.165) is 0 Å². The van der Waals surface area contributed by atoms with Crippen molar-refractivity contribution in [3.8, 4) is 0 Å². The Morgan fingerprint density at radius 3 is 1.21 bits per heavy atom. The second kappa shape index (κ2) is 6.06. The Morgan fingerprint density at radius 2 is 1.05 bits per heavy atom. The molecule has 0 aliphatic carbocycles. The molecule has 0 saturated heterocycles. The molecule has 0 atom stereocenters. The van der Waals surface area contributed by atoms with Crippen molar-refractivity contribution in [1.82, 2.24) is 0 Å². The first-order valence-corrected chi connectivity index (χ1v) is 6.46. The van der Waals surface area contributed by atoms with Crippen molar-refractivity contribution in [2.45, 2.75) is 71.2 Å². The summed E-state index contributed by atoms with van der Waals surface area (Å²) in [6.07, 6.45) is 0. The highest BCUT2D eigenvalue weighted by Gasteiger charge is 2.56. The fraction of sp³-hybridized carbons (Fsp3) is 1.00. The molecule has 0 aliphatic rings. The Kier molecular flexibility index (Phi) is 5.99. The number of hydrogen-bond acceptors (Lipinski definition) is 5. The molecule has 0 spiro atoms. The molecule has 0 aromatic carbocycles. The van der Waals surface area contributed by atoms with Crippen molar-refractivity contribution in [1.29, 1.82) is 0 Å². The molecule has 0 aromatic heterocycles. The van der Waals surface area contributed by atoms with E-state index in [0.29, 0.717) is 0 Å². The predicted octanol–water partition coefficient (Wildman–Crippen LogP) is 2.31. The first kappa shape index (κ1) is 18.8. The minimum Gasteiger partial charge on any atom is -0.391 e. The number of rotatable bonds is 6. The van der Waals surface area contributed by atoms with Crippen LogP contribution in [0, 0.1) is 0 Å². The molecule has 0 aromatic rings. The standard InChI is InChI=1S/C14H30O5/c1-11(2,3)18-14(10-15,19-12(4,5)6)13(7,16-8)17-9/h15H,10H2,1-9H3. The van der Waals surface area contributed by atoms with Gasteiger partial charge in [-0.2, -0.15) is 0 Å². The van der Waals surface area contributed by atoms with Crippen LogP contribution in [0.1, 0.15) is 48.5 Å². The topological polar surface area (TPSA) is 57.2 Å². The highest BCUT2D eigenvalue weighted by molar-refractivity contribution is 4.90. The summed E-state index contributed by atoms with van der Waals surface area (Å²) in [6, 6.07) is 0. The zero-order valence-corrected chi connectivity index (χ0v) is 13.8. The fourth-order valence-corrected chi connectivity index (χ4v) is 1.80. The van der Waals surface area contributed by atoms with Crippen molar-refractivity contribution < 1.29 is 24.1 Å². The van der Waals surface area contributed by atoms with Crippen molar-refractivity contribution in [2.75, 3.05) is 20.8 Å². The summed E-state index contributed by atoms with van der Waals surface area (Å²) in [4.78, 5) is 0. The van der Waals surface area contributed by atoms with Gasteiger partial charge in [0.1, 0.15) is 6.61 Å². The Balaban J connectivity index is 5.66. The average molecular weight is 278 g/mol. The summed E-state index contributed by atoms with van der Waals surface area (Å²) in [6.45, 7) is 12.6. The molecule has 116 valence electrons. The average Bonchev–Trinajstić information content (AvgIpc) is 2.22. The van der Waals surface area contributed by atoms with E-state index >= 15 is 0 Å². The molecule has 0 amide bonds. The summed E-state index contributed by atoms with van der Waals surface area (Å²) < 4.78 is 22.8. The quantitative estimate of drug-likeness (QED) is 0.756. The molecule has 5 nitrogen and oxygen atoms in total. The third-order valence-electron chi connectivity index (χ3n) is 2.62. The summed E-state index contributed by atoms with van der Waals surface area (Å²) >= 11 is 0. The van der Waals surface area contributed by atoms with Gasteiger partial charge in [-0.3, -0.25) is 0 Å². The first-order chi connectivity index (χ1) is 8.35. The lowest BCUT2D eigenvalue weighted by Gasteiger charge is -2.49. The van der Waals surface area contributed by atoms with Crippen LogP contribution in [-0.2, 0) is 18.9 Å². The zero-order valence-electron chi connectivity index (χ0n) is 13.8. The molecular formula is C14H30O5. The SMILES string of the molecule is COC(C)(OC)C(CO)(OC(C)(C)C)OC(C)(C)C. The van der Waals surface area contributed by atoms with E-state index in [1.165, 1.54) is 14.2 Å². The molecule has 0 saturated carbocycles. The second-order valence-electron chi connectivity index (χ2n) is 6.69. The van der Waals surface area contributed by atoms with Crippen LogP contribution in [0.15, 0.2) is 0 Å². The first-order valence-electron chi connectivity index (χ1n) is 6.46. The van der Waals surface area contributed by atoms with Crippen molar-refractivity contribution >= 4 is 0 Å². The third-order valence-corrected chi connectivity index (χ3v) is 2.62. The molecule has 0 bridgehead atoms.